The third-order valence-corrected chi connectivity index (χ3v) is 3.87. The Kier molecular flexibility index (Phi) is 3.98. The average Bonchev–Trinajstić information content (AvgIpc) is 2.52. The van der Waals surface area contributed by atoms with Crippen molar-refractivity contribution in [2.24, 2.45) is 0 Å². The van der Waals surface area contributed by atoms with Crippen LogP contribution in [0.2, 0.25) is 0 Å². The Morgan fingerprint density at radius 2 is 1.73 bits per heavy atom. The predicted octanol–water partition coefficient (Wildman–Crippen LogP) is -0.692. The lowest BCUT2D eigenvalue weighted by molar-refractivity contribution is -0.231. The molecule has 4 N–H and O–H groups in total. The zero-order valence-corrected chi connectivity index (χ0v) is 11.5. The van der Waals surface area contributed by atoms with Crippen molar-refractivity contribution in [2.75, 3.05) is 6.61 Å². The van der Waals surface area contributed by atoms with Crippen LogP contribution in [-0.2, 0) is 4.74 Å². The molecule has 0 saturated carbocycles. The molecular weight excluding hydrogens is 292 g/mol. The first-order valence-corrected chi connectivity index (χ1v) is 6.85. The van der Waals surface area contributed by atoms with Gasteiger partial charge in [-0.2, -0.15) is 0 Å². The van der Waals surface area contributed by atoms with Crippen LogP contribution in [-0.4, -0.2) is 51.4 Å². The quantitative estimate of drug-likeness (QED) is 0.542. The molecule has 1 aliphatic rings. The first kappa shape index (κ1) is 15.1. The van der Waals surface area contributed by atoms with Gasteiger partial charge in [-0.25, -0.2) is 4.79 Å². The van der Waals surface area contributed by atoms with E-state index in [4.69, 9.17) is 9.15 Å². The maximum absolute atomic E-state index is 11.3. The standard InChI is InChI=1S/C15H16O7/c16-6-10-12(18)13(19)14(20)15(22-10)8-2-1-7-3-4-11(17)21-9(7)5-8/h1-5,10,12-16,18-20H,6H2/t10-,12-,13+,14-,15+/m1/s1. The Balaban J connectivity index is 2.00. The van der Waals surface area contributed by atoms with E-state index < -0.39 is 42.8 Å². The van der Waals surface area contributed by atoms with Gasteiger partial charge in [-0.1, -0.05) is 12.1 Å². The number of hydrogen-bond donors (Lipinski definition) is 4. The van der Waals surface area contributed by atoms with Gasteiger partial charge in [0.05, 0.1) is 6.61 Å². The van der Waals surface area contributed by atoms with E-state index in [1.54, 1.807) is 18.2 Å². The summed E-state index contributed by atoms with van der Waals surface area (Å²) in [5.74, 6) is 0. The first-order chi connectivity index (χ1) is 10.5. The van der Waals surface area contributed by atoms with Crippen LogP contribution >= 0.6 is 0 Å². The molecule has 1 fully saturated rings. The van der Waals surface area contributed by atoms with Gasteiger partial charge in [-0.05, 0) is 17.7 Å². The largest absolute Gasteiger partial charge is 0.423 e. The summed E-state index contributed by atoms with van der Waals surface area (Å²) < 4.78 is 10.5. The van der Waals surface area contributed by atoms with Gasteiger partial charge in [0.25, 0.3) is 0 Å². The van der Waals surface area contributed by atoms with Gasteiger partial charge in [0.2, 0.25) is 0 Å². The smallest absolute Gasteiger partial charge is 0.336 e. The van der Waals surface area contributed by atoms with Crippen molar-refractivity contribution in [1.82, 2.24) is 0 Å². The topological polar surface area (TPSA) is 120 Å². The normalized spacial score (nSPS) is 32.3. The van der Waals surface area contributed by atoms with Gasteiger partial charge in [0.15, 0.2) is 0 Å². The number of aliphatic hydroxyl groups excluding tert-OH is 4. The summed E-state index contributed by atoms with van der Waals surface area (Å²) in [6, 6.07) is 7.79. The number of ether oxygens (including phenoxy) is 1. The molecule has 1 aromatic carbocycles. The molecule has 1 aromatic heterocycles. The van der Waals surface area contributed by atoms with Crippen LogP contribution in [0.4, 0.5) is 0 Å². The highest BCUT2D eigenvalue weighted by Gasteiger charge is 2.43. The molecule has 22 heavy (non-hydrogen) atoms. The van der Waals surface area contributed by atoms with Crippen LogP contribution in [0.3, 0.4) is 0 Å². The molecule has 2 aromatic rings. The first-order valence-electron chi connectivity index (χ1n) is 6.85. The minimum Gasteiger partial charge on any atom is -0.423 e. The summed E-state index contributed by atoms with van der Waals surface area (Å²) in [6.07, 6.45) is -6.16. The third-order valence-electron chi connectivity index (χ3n) is 3.87. The van der Waals surface area contributed by atoms with Crippen LogP contribution in [0.1, 0.15) is 11.7 Å². The number of fused-ring (bicyclic) bond motifs is 1. The number of hydrogen-bond acceptors (Lipinski definition) is 7. The minimum absolute atomic E-state index is 0.321. The van der Waals surface area contributed by atoms with E-state index in [9.17, 15) is 25.2 Å². The maximum atomic E-state index is 11.3. The molecule has 5 atom stereocenters. The highest BCUT2D eigenvalue weighted by atomic mass is 16.5. The van der Waals surface area contributed by atoms with E-state index in [2.05, 4.69) is 0 Å². The van der Waals surface area contributed by atoms with Crippen molar-refractivity contribution in [3.8, 4) is 0 Å². The molecular formula is C15H16O7. The summed E-state index contributed by atoms with van der Waals surface area (Å²) in [7, 11) is 0. The summed E-state index contributed by atoms with van der Waals surface area (Å²) in [6.45, 7) is -0.496. The fraction of sp³-hybridized carbons (Fsp3) is 0.400. The van der Waals surface area contributed by atoms with Gasteiger partial charge < -0.3 is 29.6 Å². The Morgan fingerprint density at radius 3 is 2.45 bits per heavy atom. The zero-order valence-electron chi connectivity index (χ0n) is 11.5. The summed E-state index contributed by atoms with van der Waals surface area (Å²) >= 11 is 0. The lowest BCUT2D eigenvalue weighted by atomic mass is 9.91. The molecule has 7 heteroatoms. The van der Waals surface area contributed by atoms with Crippen LogP contribution in [0, 0.1) is 0 Å². The fourth-order valence-corrected chi connectivity index (χ4v) is 2.63. The average molecular weight is 308 g/mol. The van der Waals surface area contributed by atoms with Crippen LogP contribution in [0.5, 0.6) is 0 Å². The molecule has 0 aliphatic carbocycles. The van der Waals surface area contributed by atoms with Gasteiger partial charge in [-0.3, -0.25) is 0 Å². The lowest BCUT2D eigenvalue weighted by Crippen LogP contribution is -2.55. The van der Waals surface area contributed by atoms with E-state index in [1.165, 1.54) is 12.1 Å². The molecule has 0 unspecified atom stereocenters. The zero-order chi connectivity index (χ0) is 15.9. The van der Waals surface area contributed by atoms with Gasteiger partial charge in [0.1, 0.15) is 36.1 Å². The Bertz CT molecular complexity index is 723. The van der Waals surface area contributed by atoms with Crippen molar-refractivity contribution >= 4 is 11.0 Å². The molecule has 0 amide bonds. The molecule has 1 aliphatic heterocycles. The maximum Gasteiger partial charge on any atom is 0.336 e. The molecule has 0 spiro atoms. The second kappa shape index (κ2) is 5.79. The number of benzene rings is 1. The minimum atomic E-state index is -1.45. The Labute approximate surface area is 125 Å². The van der Waals surface area contributed by atoms with E-state index >= 15 is 0 Å². The fourth-order valence-electron chi connectivity index (χ4n) is 2.63. The van der Waals surface area contributed by atoms with Gasteiger partial charge >= 0.3 is 5.63 Å². The van der Waals surface area contributed by atoms with Crippen molar-refractivity contribution in [3.05, 3.63) is 46.3 Å². The summed E-state index contributed by atoms with van der Waals surface area (Å²) in [4.78, 5) is 11.3. The molecule has 7 nitrogen and oxygen atoms in total. The van der Waals surface area contributed by atoms with E-state index in [0.717, 1.165) is 0 Å². The molecule has 118 valence electrons. The second-order valence-electron chi connectivity index (χ2n) is 5.30. The molecule has 1 saturated heterocycles. The highest BCUT2D eigenvalue weighted by molar-refractivity contribution is 5.77. The number of rotatable bonds is 2. The van der Waals surface area contributed by atoms with Crippen molar-refractivity contribution in [2.45, 2.75) is 30.5 Å². The number of aliphatic hydroxyl groups is 4. The lowest BCUT2D eigenvalue weighted by Gasteiger charge is -2.40. The molecule has 2 heterocycles. The summed E-state index contributed by atoms with van der Waals surface area (Å²) in [5, 5.41) is 39.6. The molecule has 0 radical (unpaired) electrons. The second-order valence-corrected chi connectivity index (χ2v) is 5.30. The SMILES string of the molecule is O=c1ccc2ccc([C@@H]3O[C@H](CO)[C@@H](O)[C@H](O)[C@H]3O)cc2o1. The summed E-state index contributed by atoms with van der Waals surface area (Å²) in [5.41, 5.74) is 0.291. The van der Waals surface area contributed by atoms with Crippen molar-refractivity contribution < 1.29 is 29.6 Å². The van der Waals surface area contributed by atoms with Gasteiger partial charge in [-0.15, -0.1) is 0 Å². The highest BCUT2D eigenvalue weighted by Crippen LogP contribution is 2.33. The molecule has 0 bridgehead atoms. The molecule has 3 rings (SSSR count). The monoisotopic (exact) mass is 308 g/mol. The van der Waals surface area contributed by atoms with Crippen LogP contribution in [0.15, 0.2) is 39.5 Å². The van der Waals surface area contributed by atoms with E-state index in [0.29, 0.717) is 16.5 Å². The Morgan fingerprint density at radius 1 is 1.00 bits per heavy atom. The van der Waals surface area contributed by atoms with E-state index in [-0.39, 0.29) is 0 Å². The third kappa shape index (κ3) is 2.53. The van der Waals surface area contributed by atoms with Crippen LogP contribution < -0.4 is 5.63 Å². The van der Waals surface area contributed by atoms with Crippen molar-refractivity contribution in [3.63, 3.8) is 0 Å². The Hall–Kier alpha value is -1.77. The van der Waals surface area contributed by atoms with Gasteiger partial charge in [0, 0.05) is 11.5 Å². The van der Waals surface area contributed by atoms with Crippen LogP contribution in [0.25, 0.3) is 11.0 Å². The predicted molar refractivity (Wildman–Crippen MR) is 75.2 cm³/mol. The van der Waals surface area contributed by atoms with E-state index in [1.807, 2.05) is 0 Å². The van der Waals surface area contributed by atoms with Crippen molar-refractivity contribution in [1.29, 1.82) is 0 Å².